The van der Waals surface area contributed by atoms with Crippen molar-refractivity contribution in [1.82, 2.24) is 9.55 Å². The summed E-state index contributed by atoms with van der Waals surface area (Å²) in [4.78, 5) is 14.1. The maximum atomic E-state index is 10.8. The smallest absolute Gasteiger partial charge is 0.414 e. The molecule has 0 unspecified atom stereocenters. The van der Waals surface area contributed by atoms with Gasteiger partial charge in [0.1, 0.15) is 31.3 Å². The molecule has 0 radical (unpaired) electrons. The molecule has 1 aliphatic rings. The Morgan fingerprint density at radius 3 is 2.61 bits per heavy atom. The summed E-state index contributed by atoms with van der Waals surface area (Å²) in [5.41, 5.74) is 2.13. The van der Waals surface area contributed by atoms with E-state index in [0.717, 1.165) is 16.9 Å². The second kappa shape index (κ2) is 8.10. The van der Waals surface area contributed by atoms with Gasteiger partial charge in [-0.05, 0) is 28.2 Å². The molecule has 8 heteroatoms. The van der Waals surface area contributed by atoms with E-state index in [0.29, 0.717) is 26.4 Å². The molecule has 0 saturated heterocycles. The molecule has 28 heavy (non-hydrogen) atoms. The van der Waals surface area contributed by atoms with Gasteiger partial charge in [0.15, 0.2) is 0 Å². The van der Waals surface area contributed by atoms with Crippen molar-refractivity contribution in [3.63, 3.8) is 0 Å². The summed E-state index contributed by atoms with van der Waals surface area (Å²) in [5, 5.41) is 10.8. The highest BCUT2D eigenvalue weighted by molar-refractivity contribution is 5.27. The first kappa shape index (κ1) is 18.0. The van der Waals surface area contributed by atoms with Gasteiger partial charge in [-0.2, -0.15) is 0 Å². The first-order valence-corrected chi connectivity index (χ1v) is 8.89. The fourth-order valence-corrected chi connectivity index (χ4v) is 2.90. The van der Waals surface area contributed by atoms with Gasteiger partial charge in [-0.3, -0.25) is 4.57 Å². The van der Waals surface area contributed by atoms with E-state index in [1.807, 2.05) is 54.6 Å². The van der Waals surface area contributed by atoms with Crippen LogP contribution in [-0.4, -0.2) is 27.2 Å². The highest BCUT2D eigenvalue weighted by atomic mass is 16.6. The molecule has 0 aliphatic carbocycles. The van der Waals surface area contributed by atoms with E-state index in [9.17, 15) is 10.1 Å². The van der Waals surface area contributed by atoms with Crippen LogP contribution in [0.15, 0.2) is 60.8 Å². The molecule has 4 rings (SSSR count). The average molecular weight is 381 g/mol. The van der Waals surface area contributed by atoms with E-state index in [-0.39, 0.29) is 17.9 Å². The molecule has 0 fully saturated rings. The molecule has 0 amide bonds. The van der Waals surface area contributed by atoms with Crippen molar-refractivity contribution >= 4 is 5.82 Å². The Hall–Kier alpha value is -3.39. The van der Waals surface area contributed by atoms with E-state index in [1.54, 1.807) is 4.57 Å². The van der Waals surface area contributed by atoms with Gasteiger partial charge in [0.05, 0.1) is 13.2 Å². The number of nitro groups is 1. The zero-order valence-electron chi connectivity index (χ0n) is 15.1. The predicted octanol–water partition coefficient (Wildman–Crippen LogP) is 3.35. The van der Waals surface area contributed by atoms with Crippen LogP contribution in [0.5, 0.6) is 11.8 Å². The lowest BCUT2D eigenvalue weighted by atomic mass is 10.2. The zero-order chi connectivity index (χ0) is 19.3. The molecule has 2 heterocycles. The first-order valence-electron chi connectivity index (χ1n) is 8.89. The lowest BCUT2D eigenvalue weighted by molar-refractivity contribution is -0.389. The highest BCUT2D eigenvalue weighted by Crippen LogP contribution is 2.23. The highest BCUT2D eigenvalue weighted by Gasteiger charge is 2.28. The summed E-state index contributed by atoms with van der Waals surface area (Å²) >= 11 is 0. The molecule has 8 nitrogen and oxygen atoms in total. The molecule has 1 aliphatic heterocycles. The van der Waals surface area contributed by atoms with Crippen molar-refractivity contribution in [2.24, 2.45) is 0 Å². The van der Waals surface area contributed by atoms with E-state index >= 15 is 0 Å². The number of aromatic nitrogens is 2. The Morgan fingerprint density at radius 1 is 1.11 bits per heavy atom. The van der Waals surface area contributed by atoms with Gasteiger partial charge in [0, 0.05) is 4.98 Å². The number of imidazole rings is 1. The molecule has 1 atom stereocenters. The zero-order valence-corrected chi connectivity index (χ0v) is 15.1. The van der Waals surface area contributed by atoms with Crippen molar-refractivity contribution in [1.29, 1.82) is 0 Å². The summed E-state index contributed by atoms with van der Waals surface area (Å²) in [5.74, 6) is 0.575. The normalized spacial score (nSPS) is 15.5. The van der Waals surface area contributed by atoms with Gasteiger partial charge in [-0.1, -0.05) is 42.5 Å². The van der Waals surface area contributed by atoms with Crippen LogP contribution in [0.1, 0.15) is 11.1 Å². The minimum absolute atomic E-state index is 0.199. The quantitative estimate of drug-likeness (QED) is 0.461. The van der Waals surface area contributed by atoms with Crippen LogP contribution >= 0.6 is 0 Å². The standard InChI is InChI=1S/C20H19N3O5/c24-23(25)19-11-22-10-18(14-28-20(22)21-19)27-13-16-6-8-17(9-7-16)26-12-15-4-2-1-3-5-15/h1-9,11,18H,10,12-14H2/t18-/m0/s1. The van der Waals surface area contributed by atoms with Crippen molar-refractivity contribution in [2.45, 2.75) is 25.9 Å². The molecule has 0 saturated carbocycles. The minimum Gasteiger partial charge on any atom is -0.489 e. The number of ether oxygens (including phenoxy) is 3. The number of nitrogens with zero attached hydrogens (tertiary/aromatic N) is 3. The molecule has 2 aromatic carbocycles. The molecular weight excluding hydrogens is 362 g/mol. The summed E-state index contributed by atoms with van der Waals surface area (Å²) < 4.78 is 18.7. The number of hydrogen-bond acceptors (Lipinski definition) is 6. The van der Waals surface area contributed by atoms with Crippen LogP contribution in [0.25, 0.3) is 0 Å². The van der Waals surface area contributed by atoms with Gasteiger partial charge < -0.3 is 24.3 Å². The Morgan fingerprint density at radius 2 is 1.86 bits per heavy atom. The maximum Gasteiger partial charge on any atom is 0.414 e. The van der Waals surface area contributed by atoms with E-state index in [1.165, 1.54) is 6.20 Å². The van der Waals surface area contributed by atoms with E-state index < -0.39 is 4.92 Å². The van der Waals surface area contributed by atoms with Crippen molar-refractivity contribution in [3.8, 4) is 11.8 Å². The Kier molecular flexibility index (Phi) is 5.20. The second-order valence-corrected chi connectivity index (χ2v) is 6.45. The second-order valence-electron chi connectivity index (χ2n) is 6.45. The summed E-state index contributed by atoms with van der Waals surface area (Å²) in [6.07, 6.45) is 1.17. The van der Waals surface area contributed by atoms with Crippen LogP contribution in [0, 0.1) is 10.1 Å². The fraction of sp³-hybridized carbons (Fsp3) is 0.250. The monoisotopic (exact) mass is 381 g/mol. The molecule has 0 bridgehead atoms. The maximum absolute atomic E-state index is 10.8. The Balaban J connectivity index is 1.27. The van der Waals surface area contributed by atoms with Gasteiger partial charge in [0.2, 0.25) is 0 Å². The molecule has 0 spiro atoms. The van der Waals surface area contributed by atoms with Crippen molar-refractivity contribution in [3.05, 3.63) is 82.0 Å². The van der Waals surface area contributed by atoms with Gasteiger partial charge in [-0.25, -0.2) is 0 Å². The Labute approximate surface area is 161 Å². The third kappa shape index (κ3) is 4.29. The first-order chi connectivity index (χ1) is 13.7. The lowest BCUT2D eigenvalue weighted by Gasteiger charge is -2.22. The van der Waals surface area contributed by atoms with Gasteiger partial charge in [0.25, 0.3) is 0 Å². The van der Waals surface area contributed by atoms with Crippen LogP contribution in [0.2, 0.25) is 0 Å². The Bertz CT molecular complexity index is 940. The molecular formula is C20H19N3O5. The number of hydrogen-bond donors (Lipinski definition) is 0. The topological polar surface area (TPSA) is 88.7 Å². The molecule has 0 N–H and O–H groups in total. The molecule has 144 valence electrons. The van der Waals surface area contributed by atoms with Crippen LogP contribution < -0.4 is 9.47 Å². The number of benzene rings is 2. The summed E-state index contributed by atoms with van der Waals surface area (Å²) in [6, 6.07) is 18.0. The minimum atomic E-state index is -0.536. The van der Waals surface area contributed by atoms with Crippen LogP contribution in [0.3, 0.4) is 0 Å². The SMILES string of the molecule is O=[N+]([O-])c1cn2c(n1)OC[C@@H](OCc1ccc(OCc3ccccc3)cc1)C2. The summed E-state index contributed by atoms with van der Waals surface area (Å²) in [7, 11) is 0. The number of fused-ring (bicyclic) bond motifs is 1. The number of rotatable bonds is 7. The van der Waals surface area contributed by atoms with Crippen LogP contribution in [-0.2, 0) is 24.5 Å². The van der Waals surface area contributed by atoms with Crippen molar-refractivity contribution < 1.29 is 19.1 Å². The third-order valence-corrected chi connectivity index (χ3v) is 4.37. The largest absolute Gasteiger partial charge is 0.489 e. The van der Waals surface area contributed by atoms with Crippen LogP contribution in [0.4, 0.5) is 5.82 Å². The van der Waals surface area contributed by atoms with E-state index in [2.05, 4.69) is 4.98 Å². The molecule has 3 aromatic rings. The predicted molar refractivity (Wildman–Crippen MR) is 100 cm³/mol. The van der Waals surface area contributed by atoms with Crippen molar-refractivity contribution in [2.75, 3.05) is 6.61 Å². The van der Waals surface area contributed by atoms with E-state index in [4.69, 9.17) is 14.2 Å². The third-order valence-electron chi connectivity index (χ3n) is 4.37. The lowest BCUT2D eigenvalue weighted by Crippen LogP contribution is -2.32. The van der Waals surface area contributed by atoms with Gasteiger partial charge >= 0.3 is 11.8 Å². The average Bonchev–Trinajstić information content (AvgIpc) is 3.16. The molecule has 1 aromatic heterocycles. The van der Waals surface area contributed by atoms with Gasteiger partial charge in [-0.15, -0.1) is 0 Å². The summed E-state index contributed by atoms with van der Waals surface area (Å²) in [6.45, 7) is 1.72. The fourth-order valence-electron chi connectivity index (χ4n) is 2.90.